The monoisotopic (exact) mass is 316 g/mol. The summed E-state index contributed by atoms with van der Waals surface area (Å²) < 4.78 is 0. The Kier molecular flexibility index (Phi) is 7.41. The van der Waals surface area contributed by atoms with Gasteiger partial charge in [0, 0.05) is 5.69 Å². The van der Waals surface area contributed by atoms with Gasteiger partial charge in [-0.05, 0) is 17.7 Å². The molecule has 7 nitrogen and oxygen atoms in total. The molecule has 0 radical (unpaired) electrons. The van der Waals surface area contributed by atoms with Gasteiger partial charge in [-0.1, -0.05) is 23.9 Å². The Balaban J connectivity index is 0.00000200. The molecule has 2 rings (SSSR count). The number of anilines is 1. The van der Waals surface area contributed by atoms with Crippen LogP contribution in [0.2, 0.25) is 0 Å². The van der Waals surface area contributed by atoms with Gasteiger partial charge in [0.15, 0.2) is 5.16 Å². The van der Waals surface area contributed by atoms with Crippen LogP contribution in [0.25, 0.3) is 0 Å². The molecule has 0 saturated carbocycles. The molecule has 0 atom stereocenters. The van der Waals surface area contributed by atoms with Crippen LogP contribution in [0.5, 0.6) is 0 Å². The van der Waals surface area contributed by atoms with Gasteiger partial charge in [-0.2, -0.15) is 5.10 Å². The fraction of sp³-hybridized carbons (Fsp3) is 0.0909. The Morgan fingerprint density at radius 3 is 2.55 bits per heavy atom. The van der Waals surface area contributed by atoms with Crippen LogP contribution in [-0.2, 0) is 4.79 Å². The maximum atomic E-state index is 11.6. The predicted molar refractivity (Wildman–Crippen MR) is 66.5 cm³/mol. The standard InChI is InChI=1S/C11H10N4O3S.K/c16-9(5-19-11-12-6-13-15-11)14-8-3-1-7(2-4-8)10(17)18;/h1-4,6H,5H2,(H,14,16)(H,17,18)(H,12,13,15);/q;+1/p-1. The third kappa shape index (κ3) is 5.35. The maximum absolute atomic E-state index is 11.6. The van der Waals surface area contributed by atoms with Crippen molar-refractivity contribution in [2.75, 3.05) is 11.1 Å². The van der Waals surface area contributed by atoms with E-state index in [1.165, 1.54) is 42.4 Å². The molecule has 0 saturated heterocycles. The number of carboxylic acid groups (broad SMARTS) is 1. The number of carboxylic acids is 1. The summed E-state index contributed by atoms with van der Waals surface area (Å²) in [5, 5.41) is 20.0. The zero-order valence-corrected chi connectivity index (χ0v) is 14.6. The van der Waals surface area contributed by atoms with Crippen LogP contribution in [0.4, 0.5) is 5.69 Å². The van der Waals surface area contributed by atoms with Crippen LogP contribution < -0.4 is 61.8 Å². The molecular formula is C11H9KN4O3S. The van der Waals surface area contributed by atoms with E-state index in [9.17, 15) is 14.7 Å². The summed E-state index contributed by atoms with van der Waals surface area (Å²) in [5.74, 6) is -1.29. The number of nitrogens with one attached hydrogen (secondary N) is 2. The van der Waals surface area contributed by atoms with Crippen LogP contribution in [0.1, 0.15) is 10.4 Å². The van der Waals surface area contributed by atoms with Crippen LogP contribution in [0.15, 0.2) is 35.7 Å². The van der Waals surface area contributed by atoms with E-state index in [-0.39, 0.29) is 68.6 Å². The van der Waals surface area contributed by atoms with Crippen LogP contribution in [0, 0.1) is 0 Å². The van der Waals surface area contributed by atoms with Gasteiger partial charge < -0.3 is 15.2 Å². The molecule has 0 aliphatic rings. The van der Waals surface area contributed by atoms with Crippen LogP contribution >= 0.6 is 11.8 Å². The number of aromatic amines is 1. The SMILES string of the molecule is O=C(CSc1ncn[nH]1)Nc1ccc(C(=O)[O-])cc1.[K+]. The Morgan fingerprint density at radius 2 is 2.00 bits per heavy atom. The summed E-state index contributed by atoms with van der Waals surface area (Å²) in [6, 6.07) is 5.74. The van der Waals surface area contributed by atoms with Crippen LogP contribution in [-0.4, -0.2) is 32.8 Å². The number of hydrogen-bond acceptors (Lipinski definition) is 6. The summed E-state index contributed by atoms with van der Waals surface area (Å²) in [6.07, 6.45) is 1.36. The molecule has 9 heteroatoms. The first-order valence-electron chi connectivity index (χ1n) is 5.24. The number of hydrogen-bond donors (Lipinski definition) is 2. The minimum absolute atomic E-state index is 0. The molecule has 98 valence electrons. The van der Waals surface area contributed by atoms with Crippen molar-refractivity contribution in [1.29, 1.82) is 0 Å². The Labute approximate surface area is 161 Å². The molecule has 1 aromatic carbocycles. The number of nitrogens with zero attached hydrogens (tertiary/aromatic N) is 2. The van der Waals surface area contributed by atoms with Gasteiger partial charge in [-0.15, -0.1) is 0 Å². The van der Waals surface area contributed by atoms with E-state index in [1.54, 1.807) is 0 Å². The first-order chi connectivity index (χ1) is 9.15. The molecule has 0 spiro atoms. The largest absolute Gasteiger partial charge is 1.00 e. The number of rotatable bonds is 5. The first kappa shape index (κ1) is 17.3. The number of H-pyrrole nitrogens is 1. The fourth-order valence-electron chi connectivity index (χ4n) is 1.28. The number of benzene rings is 1. The van der Waals surface area contributed by atoms with Crippen molar-refractivity contribution >= 4 is 29.3 Å². The molecule has 2 aromatic rings. The van der Waals surface area contributed by atoms with Crippen LogP contribution in [0.3, 0.4) is 0 Å². The van der Waals surface area contributed by atoms with Crippen molar-refractivity contribution in [2.24, 2.45) is 0 Å². The van der Waals surface area contributed by atoms with Gasteiger partial charge in [0.1, 0.15) is 6.33 Å². The van der Waals surface area contributed by atoms with E-state index in [0.717, 1.165) is 0 Å². The summed E-state index contributed by atoms with van der Waals surface area (Å²) >= 11 is 1.22. The van der Waals surface area contributed by atoms with E-state index >= 15 is 0 Å². The Morgan fingerprint density at radius 1 is 1.30 bits per heavy atom. The van der Waals surface area contributed by atoms with E-state index in [2.05, 4.69) is 20.5 Å². The molecule has 20 heavy (non-hydrogen) atoms. The quantitative estimate of drug-likeness (QED) is 0.447. The van der Waals surface area contributed by atoms with E-state index in [1.807, 2.05) is 0 Å². The van der Waals surface area contributed by atoms with Gasteiger partial charge >= 0.3 is 51.4 Å². The number of thioether (sulfide) groups is 1. The predicted octanol–water partition coefficient (Wildman–Crippen LogP) is -3.10. The number of amides is 1. The van der Waals surface area contributed by atoms with Gasteiger partial charge in [0.05, 0.1) is 11.7 Å². The van der Waals surface area contributed by atoms with E-state index in [4.69, 9.17) is 0 Å². The molecule has 2 N–H and O–H groups in total. The minimum Gasteiger partial charge on any atom is -0.545 e. The number of carbonyl (C=O) groups is 2. The van der Waals surface area contributed by atoms with E-state index in [0.29, 0.717) is 10.8 Å². The summed E-state index contributed by atoms with van der Waals surface area (Å²) in [5.41, 5.74) is 0.585. The zero-order valence-electron chi connectivity index (χ0n) is 10.6. The summed E-state index contributed by atoms with van der Waals surface area (Å²) in [4.78, 5) is 26.0. The summed E-state index contributed by atoms with van der Waals surface area (Å²) in [7, 11) is 0. The van der Waals surface area contributed by atoms with Gasteiger partial charge in [0.2, 0.25) is 5.91 Å². The average Bonchev–Trinajstić information content (AvgIpc) is 2.90. The zero-order chi connectivity index (χ0) is 13.7. The summed E-state index contributed by atoms with van der Waals surface area (Å²) in [6.45, 7) is 0. The molecule has 0 aliphatic heterocycles. The second-order valence-corrected chi connectivity index (χ2v) is 4.46. The Hall–Kier alpha value is -0.714. The van der Waals surface area contributed by atoms with Crippen molar-refractivity contribution in [1.82, 2.24) is 15.2 Å². The molecule has 1 amide bonds. The van der Waals surface area contributed by atoms with Crippen molar-refractivity contribution in [3.8, 4) is 0 Å². The van der Waals surface area contributed by atoms with Crippen molar-refractivity contribution in [3.63, 3.8) is 0 Å². The van der Waals surface area contributed by atoms with Crippen molar-refractivity contribution in [3.05, 3.63) is 36.2 Å². The van der Waals surface area contributed by atoms with Crippen molar-refractivity contribution < 1.29 is 66.1 Å². The molecule has 0 bridgehead atoms. The normalized spacial score (nSPS) is 9.60. The van der Waals surface area contributed by atoms with Gasteiger partial charge in [0.25, 0.3) is 0 Å². The van der Waals surface area contributed by atoms with Gasteiger partial charge in [-0.3, -0.25) is 9.89 Å². The fourth-order valence-corrected chi connectivity index (χ4v) is 1.86. The first-order valence-corrected chi connectivity index (χ1v) is 6.23. The average molecular weight is 316 g/mol. The molecule has 0 aliphatic carbocycles. The Bertz CT molecular complexity index is 574. The second kappa shape index (κ2) is 8.55. The molecule has 1 heterocycles. The second-order valence-electron chi connectivity index (χ2n) is 3.49. The molecule has 1 aromatic heterocycles. The molecule has 0 fully saturated rings. The van der Waals surface area contributed by atoms with E-state index < -0.39 is 5.97 Å². The minimum atomic E-state index is -1.25. The number of carbonyl (C=O) groups excluding carboxylic acids is 2. The van der Waals surface area contributed by atoms with Gasteiger partial charge in [-0.25, -0.2) is 4.98 Å². The third-order valence-corrected chi connectivity index (χ3v) is 3.01. The third-order valence-electron chi connectivity index (χ3n) is 2.14. The number of aromatic carboxylic acids is 1. The molecular weight excluding hydrogens is 307 g/mol. The molecule has 0 unspecified atom stereocenters. The smallest absolute Gasteiger partial charge is 0.545 e. The maximum Gasteiger partial charge on any atom is 1.00 e. The number of aromatic nitrogens is 3. The van der Waals surface area contributed by atoms with Crippen molar-refractivity contribution in [2.45, 2.75) is 5.16 Å². The topological polar surface area (TPSA) is 111 Å².